The summed E-state index contributed by atoms with van der Waals surface area (Å²) in [4.78, 5) is 1.24. The summed E-state index contributed by atoms with van der Waals surface area (Å²) < 4.78 is 2.15. The number of para-hydroxylation sites is 1. The van der Waals surface area contributed by atoms with E-state index in [1.807, 2.05) is 6.07 Å². The van der Waals surface area contributed by atoms with E-state index in [1.165, 1.54) is 27.3 Å². The van der Waals surface area contributed by atoms with Crippen molar-refractivity contribution in [3.8, 4) is 0 Å². The summed E-state index contributed by atoms with van der Waals surface area (Å²) in [5.74, 6) is 0. The van der Waals surface area contributed by atoms with Gasteiger partial charge in [-0.1, -0.05) is 78.9 Å². The molecule has 0 aliphatic carbocycles. The number of anilines is 1. The third-order valence-corrected chi connectivity index (χ3v) is 5.15. The van der Waals surface area contributed by atoms with Crippen LogP contribution < -0.4 is 4.31 Å². The summed E-state index contributed by atoms with van der Waals surface area (Å²) in [5.41, 5.74) is 6.00. The van der Waals surface area contributed by atoms with Crippen LogP contribution in [0.25, 0.3) is 10.5 Å². The van der Waals surface area contributed by atoms with Crippen molar-refractivity contribution in [3.63, 3.8) is 0 Å². The van der Waals surface area contributed by atoms with Gasteiger partial charge in [0.25, 0.3) is 0 Å². The van der Waals surface area contributed by atoms with Crippen LogP contribution in [0.1, 0.15) is 16.7 Å². The van der Waals surface area contributed by atoms with E-state index >= 15 is 0 Å². The lowest BCUT2D eigenvalue weighted by Gasteiger charge is -2.18. The molecule has 0 saturated carbocycles. The van der Waals surface area contributed by atoms with Gasteiger partial charge in [-0.15, -0.1) is 0 Å². The van der Waals surface area contributed by atoms with Gasteiger partial charge in [0, 0.05) is 10.5 Å². The zero-order valence-corrected chi connectivity index (χ0v) is 14.3. The molecule has 116 valence electrons. The van der Waals surface area contributed by atoms with Crippen LogP contribution in [0.3, 0.4) is 0 Å². The molecule has 0 amide bonds. The molecular weight excluding hydrogens is 310 g/mol. The van der Waals surface area contributed by atoms with Crippen molar-refractivity contribution in [3.05, 3.63) is 108 Å². The molecule has 1 heterocycles. The standard InChI is InChI=1S/C22H17NS/c1-17-10-8-9-15-21(17)23-16-20(18-11-4-2-5-12-18)22(24-23)19-13-6-3-7-14-19/h2-15H,1H3. The lowest BCUT2D eigenvalue weighted by atomic mass is 10.0. The third-order valence-electron chi connectivity index (χ3n) is 4.06. The first-order valence-corrected chi connectivity index (χ1v) is 8.76. The quantitative estimate of drug-likeness (QED) is 0.537. The highest BCUT2D eigenvalue weighted by Crippen LogP contribution is 2.49. The molecule has 1 aliphatic rings. The van der Waals surface area contributed by atoms with Crippen LogP contribution in [-0.2, 0) is 0 Å². The van der Waals surface area contributed by atoms with Crippen molar-refractivity contribution in [1.82, 2.24) is 0 Å². The lowest BCUT2D eigenvalue weighted by molar-refractivity contribution is 1.32. The maximum Gasteiger partial charge on any atom is 0.141 e. The fourth-order valence-corrected chi connectivity index (χ4v) is 3.92. The molecule has 0 aromatic heterocycles. The molecule has 1 nitrogen and oxygen atoms in total. The molecule has 0 saturated heterocycles. The molecule has 0 fully saturated rings. The minimum Gasteiger partial charge on any atom is -0.295 e. The van der Waals surface area contributed by atoms with Gasteiger partial charge in [0.15, 0.2) is 0 Å². The Labute approximate surface area is 147 Å². The smallest absolute Gasteiger partial charge is 0.141 e. The Hall–Kier alpha value is -2.45. The summed E-state index contributed by atoms with van der Waals surface area (Å²) >= 11 is 1.74. The second-order valence-corrected chi connectivity index (χ2v) is 6.68. The normalized spacial score (nSPS) is 14.3. The van der Waals surface area contributed by atoms with E-state index in [-0.39, 0.29) is 0 Å². The SMILES string of the molecule is Cc1ccccc1N1[C]C(c2ccccc2)=C(c2ccccc2)S1. The first-order valence-electron chi connectivity index (χ1n) is 7.98. The molecule has 4 rings (SSSR count). The second kappa shape index (κ2) is 6.58. The number of benzene rings is 3. The van der Waals surface area contributed by atoms with E-state index in [0.29, 0.717) is 0 Å². The van der Waals surface area contributed by atoms with Crippen LogP contribution in [-0.4, -0.2) is 0 Å². The van der Waals surface area contributed by atoms with E-state index in [0.717, 1.165) is 5.57 Å². The molecule has 0 atom stereocenters. The number of rotatable bonds is 3. The van der Waals surface area contributed by atoms with Crippen molar-refractivity contribution in [2.75, 3.05) is 4.31 Å². The van der Waals surface area contributed by atoms with Crippen molar-refractivity contribution in [2.45, 2.75) is 6.92 Å². The predicted octanol–water partition coefficient (Wildman–Crippen LogP) is 6.07. The minimum absolute atomic E-state index is 1.15. The van der Waals surface area contributed by atoms with Crippen molar-refractivity contribution >= 4 is 28.1 Å². The maximum absolute atomic E-state index is 3.59. The molecule has 2 radical (unpaired) electrons. The monoisotopic (exact) mass is 327 g/mol. The fourth-order valence-electron chi connectivity index (χ4n) is 2.80. The zero-order valence-electron chi connectivity index (χ0n) is 13.4. The van der Waals surface area contributed by atoms with E-state index in [2.05, 4.69) is 96.6 Å². The molecule has 1 aliphatic heterocycles. The molecule has 0 unspecified atom stereocenters. The van der Waals surface area contributed by atoms with Crippen LogP contribution in [0, 0.1) is 13.5 Å². The molecule has 24 heavy (non-hydrogen) atoms. The van der Waals surface area contributed by atoms with Crippen molar-refractivity contribution < 1.29 is 0 Å². The van der Waals surface area contributed by atoms with Crippen LogP contribution in [0.4, 0.5) is 5.69 Å². The molecule has 0 spiro atoms. The van der Waals surface area contributed by atoms with E-state index in [4.69, 9.17) is 0 Å². The first-order chi connectivity index (χ1) is 11.8. The van der Waals surface area contributed by atoms with Gasteiger partial charge in [-0.3, -0.25) is 4.31 Å². The average molecular weight is 327 g/mol. The number of aryl methyl sites for hydroxylation is 1. The van der Waals surface area contributed by atoms with Crippen LogP contribution in [0.2, 0.25) is 0 Å². The zero-order chi connectivity index (χ0) is 16.4. The second-order valence-electron chi connectivity index (χ2n) is 5.72. The Morgan fingerprint density at radius 3 is 1.96 bits per heavy atom. The highest BCUT2D eigenvalue weighted by atomic mass is 32.2. The van der Waals surface area contributed by atoms with Crippen molar-refractivity contribution in [1.29, 1.82) is 0 Å². The Balaban J connectivity index is 1.78. The summed E-state index contributed by atoms with van der Waals surface area (Å²) in [7, 11) is 0. The van der Waals surface area contributed by atoms with Gasteiger partial charge < -0.3 is 0 Å². The summed E-state index contributed by atoms with van der Waals surface area (Å²) in [6, 6.07) is 29.5. The van der Waals surface area contributed by atoms with E-state index < -0.39 is 0 Å². The topological polar surface area (TPSA) is 3.24 Å². The molecular formula is C22H17NS. The van der Waals surface area contributed by atoms with E-state index in [1.54, 1.807) is 11.9 Å². The Morgan fingerprint density at radius 2 is 1.29 bits per heavy atom. The number of hydrogen-bond donors (Lipinski definition) is 0. The van der Waals surface area contributed by atoms with Gasteiger partial charge in [0.2, 0.25) is 0 Å². The van der Waals surface area contributed by atoms with Gasteiger partial charge in [0.05, 0.1) is 5.69 Å². The third kappa shape index (κ3) is 2.85. The summed E-state index contributed by atoms with van der Waals surface area (Å²) in [5, 5.41) is 0. The van der Waals surface area contributed by atoms with Gasteiger partial charge in [0.1, 0.15) is 6.54 Å². The Bertz CT molecular complexity index is 817. The summed E-state index contributed by atoms with van der Waals surface area (Å²) in [6.45, 7) is 5.73. The highest BCUT2D eigenvalue weighted by molar-refractivity contribution is 8.10. The van der Waals surface area contributed by atoms with Gasteiger partial charge in [-0.2, -0.15) is 0 Å². The lowest BCUT2D eigenvalue weighted by Crippen LogP contribution is -2.07. The molecule has 3 aromatic carbocycles. The first kappa shape index (κ1) is 15.1. The number of hydrogen-bond acceptors (Lipinski definition) is 2. The van der Waals surface area contributed by atoms with E-state index in [9.17, 15) is 0 Å². The maximum atomic E-state index is 3.59. The average Bonchev–Trinajstić information content (AvgIpc) is 3.09. The molecule has 3 aromatic rings. The molecule has 0 bridgehead atoms. The Kier molecular flexibility index (Phi) is 4.14. The van der Waals surface area contributed by atoms with Gasteiger partial charge in [-0.05, 0) is 41.6 Å². The summed E-state index contributed by atoms with van der Waals surface area (Å²) in [6.07, 6.45) is 0. The number of nitrogens with zero attached hydrogens (tertiary/aromatic N) is 1. The van der Waals surface area contributed by atoms with Crippen LogP contribution in [0.5, 0.6) is 0 Å². The van der Waals surface area contributed by atoms with Gasteiger partial charge in [-0.25, -0.2) is 0 Å². The minimum atomic E-state index is 1.15. The Morgan fingerprint density at radius 1 is 0.708 bits per heavy atom. The highest BCUT2D eigenvalue weighted by Gasteiger charge is 2.27. The van der Waals surface area contributed by atoms with Crippen molar-refractivity contribution in [2.24, 2.45) is 0 Å². The van der Waals surface area contributed by atoms with Crippen LogP contribution in [0.15, 0.2) is 84.9 Å². The molecule has 0 N–H and O–H groups in total. The fraction of sp³-hybridized carbons (Fsp3) is 0.0455. The molecule has 2 heteroatoms. The predicted molar refractivity (Wildman–Crippen MR) is 104 cm³/mol. The largest absolute Gasteiger partial charge is 0.295 e. The van der Waals surface area contributed by atoms with Gasteiger partial charge >= 0.3 is 0 Å². The van der Waals surface area contributed by atoms with Crippen LogP contribution >= 0.6 is 11.9 Å².